The highest BCUT2D eigenvalue weighted by Crippen LogP contribution is 2.35. The predicted octanol–water partition coefficient (Wildman–Crippen LogP) is 0.498. The highest BCUT2D eigenvalue weighted by atomic mass is 16.5. The number of rotatable bonds is 1. The molecule has 0 aliphatic carbocycles. The predicted molar refractivity (Wildman–Crippen MR) is 64.1 cm³/mol. The van der Waals surface area contributed by atoms with E-state index in [1.807, 2.05) is 0 Å². The van der Waals surface area contributed by atoms with Crippen molar-refractivity contribution in [2.75, 3.05) is 10.6 Å². The third-order valence-corrected chi connectivity index (χ3v) is 2.60. The number of imide groups is 1. The largest absolute Gasteiger partial charge is 0.479 e. The molecule has 0 saturated carbocycles. The molecular weight excluding hydrogens is 236 g/mol. The molecule has 1 aromatic carbocycles. The minimum atomic E-state index is -0.887. The van der Waals surface area contributed by atoms with Gasteiger partial charge in [0.15, 0.2) is 6.10 Å². The number of amides is 2. The summed E-state index contributed by atoms with van der Waals surface area (Å²) < 4.78 is 5.35. The monoisotopic (exact) mass is 248 g/mol. The van der Waals surface area contributed by atoms with Gasteiger partial charge in [0.05, 0.1) is 5.69 Å². The number of benzene rings is 1. The molecule has 6 nitrogen and oxygen atoms in total. The van der Waals surface area contributed by atoms with E-state index in [0.29, 0.717) is 11.4 Å². The number of ether oxygens (including phenoxy) is 1. The normalized spacial score (nSPS) is 18.0. The van der Waals surface area contributed by atoms with Crippen LogP contribution in [0.25, 0.3) is 0 Å². The first-order valence-electron chi connectivity index (χ1n) is 5.37. The molecule has 0 radical (unpaired) electrons. The Kier molecular flexibility index (Phi) is 2.78. The lowest BCUT2D eigenvalue weighted by atomic mass is 10.1. The SMILES string of the molecule is CC(=O)C(=O)N1C(=O)C(C)Oc2ccc(N)cc21. The van der Waals surface area contributed by atoms with E-state index in [1.54, 1.807) is 12.1 Å². The summed E-state index contributed by atoms with van der Waals surface area (Å²) in [5, 5.41) is 0. The number of nitrogens with two attached hydrogens (primary N) is 1. The summed E-state index contributed by atoms with van der Waals surface area (Å²) in [4.78, 5) is 35.7. The first kappa shape index (κ1) is 12.1. The van der Waals surface area contributed by atoms with Gasteiger partial charge in [0, 0.05) is 12.6 Å². The molecule has 18 heavy (non-hydrogen) atoms. The maximum absolute atomic E-state index is 11.9. The van der Waals surface area contributed by atoms with Crippen LogP contribution in [0.3, 0.4) is 0 Å². The maximum atomic E-state index is 11.9. The van der Waals surface area contributed by atoms with Crippen LogP contribution in [-0.4, -0.2) is 23.7 Å². The smallest absolute Gasteiger partial charge is 0.301 e. The van der Waals surface area contributed by atoms with E-state index < -0.39 is 23.7 Å². The Balaban J connectivity index is 2.57. The summed E-state index contributed by atoms with van der Waals surface area (Å²) in [6.07, 6.45) is -0.815. The number of Topliss-reactive ketones (excluding diaryl/α,β-unsaturated/α-hetero) is 1. The van der Waals surface area contributed by atoms with Crippen LogP contribution in [0.2, 0.25) is 0 Å². The Morgan fingerprint density at radius 2 is 2.06 bits per heavy atom. The first-order valence-corrected chi connectivity index (χ1v) is 5.37. The zero-order chi connectivity index (χ0) is 13.4. The van der Waals surface area contributed by atoms with Crippen molar-refractivity contribution < 1.29 is 19.1 Å². The van der Waals surface area contributed by atoms with Crippen molar-refractivity contribution in [3.05, 3.63) is 18.2 Å². The van der Waals surface area contributed by atoms with Crippen LogP contribution in [0, 0.1) is 0 Å². The Hall–Kier alpha value is -2.37. The number of nitrogens with zero attached hydrogens (tertiary/aromatic N) is 1. The van der Waals surface area contributed by atoms with Crippen molar-refractivity contribution in [2.45, 2.75) is 20.0 Å². The Morgan fingerprint density at radius 3 is 2.67 bits per heavy atom. The van der Waals surface area contributed by atoms with Crippen LogP contribution in [-0.2, 0) is 14.4 Å². The minimum absolute atomic E-state index is 0.207. The Bertz CT molecular complexity index is 553. The van der Waals surface area contributed by atoms with Crippen molar-refractivity contribution in [1.82, 2.24) is 0 Å². The molecule has 0 saturated heterocycles. The van der Waals surface area contributed by atoms with Gasteiger partial charge in [-0.3, -0.25) is 14.4 Å². The second-order valence-electron chi connectivity index (χ2n) is 4.02. The Morgan fingerprint density at radius 1 is 1.39 bits per heavy atom. The van der Waals surface area contributed by atoms with Crippen molar-refractivity contribution in [2.24, 2.45) is 0 Å². The first-order chi connectivity index (χ1) is 8.41. The van der Waals surface area contributed by atoms with Gasteiger partial charge in [-0.2, -0.15) is 0 Å². The van der Waals surface area contributed by atoms with Gasteiger partial charge in [-0.1, -0.05) is 0 Å². The molecule has 1 unspecified atom stereocenters. The van der Waals surface area contributed by atoms with Gasteiger partial charge in [-0.05, 0) is 25.1 Å². The number of hydrogen-bond acceptors (Lipinski definition) is 5. The van der Waals surface area contributed by atoms with E-state index in [4.69, 9.17) is 10.5 Å². The summed E-state index contributed by atoms with van der Waals surface area (Å²) >= 11 is 0. The van der Waals surface area contributed by atoms with Gasteiger partial charge in [-0.15, -0.1) is 0 Å². The van der Waals surface area contributed by atoms with E-state index in [9.17, 15) is 14.4 Å². The fourth-order valence-electron chi connectivity index (χ4n) is 1.72. The van der Waals surface area contributed by atoms with Gasteiger partial charge < -0.3 is 10.5 Å². The summed E-state index contributed by atoms with van der Waals surface area (Å²) in [6.45, 7) is 2.63. The molecule has 2 amide bonds. The van der Waals surface area contributed by atoms with Crippen molar-refractivity contribution in [1.29, 1.82) is 0 Å². The van der Waals surface area contributed by atoms with Crippen LogP contribution in [0.1, 0.15) is 13.8 Å². The summed E-state index contributed by atoms with van der Waals surface area (Å²) in [7, 11) is 0. The average Bonchev–Trinajstić information content (AvgIpc) is 2.31. The molecule has 1 heterocycles. The summed E-state index contributed by atoms with van der Waals surface area (Å²) in [5.41, 5.74) is 6.19. The van der Waals surface area contributed by atoms with Gasteiger partial charge in [0.2, 0.25) is 5.78 Å². The number of ketones is 1. The van der Waals surface area contributed by atoms with Gasteiger partial charge in [-0.25, -0.2) is 4.90 Å². The van der Waals surface area contributed by atoms with E-state index in [-0.39, 0.29) is 5.69 Å². The fourth-order valence-corrected chi connectivity index (χ4v) is 1.72. The lowest BCUT2D eigenvalue weighted by Crippen LogP contribution is -2.49. The highest BCUT2D eigenvalue weighted by molar-refractivity contribution is 6.46. The van der Waals surface area contributed by atoms with Crippen LogP contribution < -0.4 is 15.4 Å². The van der Waals surface area contributed by atoms with Gasteiger partial charge >= 0.3 is 5.91 Å². The van der Waals surface area contributed by atoms with E-state index in [1.165, 1.54) is 13.0 Å². The lowest BCUT2D eigenvalue weighted by Gasteiger charge is -2.31. The Labute approximate surface area is 103 Å². The lowest BCUT2D eigenvalue weighted by molar-refractivity contribution is -0.139. The van der Waals surface area contributed by atoms with Crippen molar-refractivity contribution >= 4 is 29.0 Å². The van der Waals surface area contributed by atoms with E-state index in [2.05, 4.69) is 0 Å². The maximum Gasteiger partial charge on any atom is 0.301 e. The number of fused-ring (bicyclic) bond motifs is 1. The molecule has 0 spiro atoms. The molecule has 1 atom stereocenters. The number of carbonyl (C=O) groups is 3. The van der Waals surface area contributed by atoms with Crippen LogP contribution in [0.5, 0.6) is 5.75 Å². The van der Waals surface area contributed by atoms with E-state index >= 15 is 0 Å². The molecule has 0 fully saturated rings. The fraction of sp³-hybridized carbons (Fsp3) is 0.250. The molecule has 1 aliphatic rings. The van der Waals surface area contributed by atoms with Gasteiger partial charge in [0.25, 0.3) is 5.91 Å². The molecular formula is C12H12N2O4. The minimum Gasteiger partial charge on any atom is -0.479 e. The van der Waals surface area contributed by atoms with Crippen LogP contribution in [0.4, 0.5) is 11.4 Å². The number of carbonyl (C=O) groups excluding carboxylic acids is 3. The third kappa shape index (κ3) is 1.81. The molecule has 6 heteroatoms. The zero-order valence-electron chi connectivity index (χ0n) is 9.97. The number of nitrogen functional groups attached to an aromatic ring is 1. The second-order valence-corrected chi connectivity index (χ2v) is 4.02. The summed E-state index contributed by atoms with van der Waals surface area (Å²) in [6, 6.07) is 4.59. The highest BCUT2D eigenvalue weighted by Gasteiger charge is 2.37. The molecule has 0 aromatic heterocycles. The number of hydrogen-bond donors (Lipinski definition) is 1. The molecule has 2 rings (SSSR count). The van der Waals surface area contributed by atoms with Crippen molar-refractivity contribution in [3.63, 3.8) is 0 Å². The zero-order valence-corrected chi connectivity index (χ0v) is 9.97. The standard InChI is InChI=1S/C12H12N2O4/c1-6(15)11(16)14-9-5-8(13)3-4-10(9)18-7(2)12(14)17/h3-5,7H,13H2,1-2H3. The topological polar surface area (TPSA) is 89.7 Å². The molecule has 2 N–H and O–H groups in total. The second kappa shape index (κ2) is 4.14. The molecule has 94 valence electrons. The third-order valence-electron chi connectivity index (χ3n) is 2.60. The molecule has 1 aliphatic heterocycles. The summed E-state index contributed by atoms with van der Waals surface area (Å²) in [5.74, 6) is -1.83. The number of anilines is 2. The molecule has 1 aromatic rings. The van der Waals surface area contributed by atoms with Crippen LogP contribution in [0.15, 0.2) is 18.2 Å². The van der Waals surface area contributed by atoms with E-state index in [0.717, 1.165) is 11.8 Å². The van der Waals surface area contributed by atoms with Crippen LogP contribution >= 0.6 is 0 Å². The van der Waals surface area contributed by atoms with Gasteiger partial charge in [0.1, 0.15) is 5.75 Å². The average molecular weight is 248 g/mol. The van der Waals surface area contributed by atoms with Crippen molar-refractivity contribution in [3.8, 4) is 5.75 Å². The quantitative estimate of drug-likeness (QED) is 0.577. The molecule has 0 bridgehead atoms.